The number of hydrogen-bond acceptors (Lipinski definition) is 4. The lowest BCUT2D eigenvalue weighted by Crippen LogP contribution is -2.48. The number of Topliss-reactive ketones (excluding diaryl/α,β-unsaturated/α-hetero) is 1. The monoisotopic (exact) mass is 429 g/mol. The van der Waals surface area contributed by atoms with Crippen molar-refractivity contribution in [3.05, 3.63) is 111 Å². The molecule has 7 heteroatoms. The summed E-state index contributed by atoms with van der Waals surface area (Å²) in [6, 6.07) is 21.7. The first-order chi connectivity index (χ1) is 15.1. The number of H-pyrrole nitrogens is 1. The number of ketones is 1. The van der Waals surface area contributed by atoms with E-state index in [1.165, 1.54) is 17.4 Å². The molecule has 1 amide bonds. The van der Waals surface area contributed by atoms with Gasteiger partial charge in [0.2, 0.25) is 0 Å². The molecule has 0 bridgehead atoms. The number of aromatic nitrogens is 2. The van der Waals surface area contributed by atoms with Crippen molar-refractivity contribution in [2.24, 2.45) is 0 Å². The molecule has 5 rings (SSSR count). The van der Waals surface area contributed by atoms with E-state index >= 15 is 0 Å². The summed E-state index contributed by atoms with van der Waals surface area (Å²) in [5.74, 6) is -0.864. The minimum Gasteiger partial charge on any atom is -0.323 e. The van der Waals surface area contributed by atoms with Crippen LogP contribution in [-0.4, -0.2) is 21.5 Å². The number of nitrogens with one attached hydrogen (secondary N) is 2. The van der Waals surface area contributed by atoms with Crippen molar-refractivity contribution in [1.29, 1.82) is 0 Å². The molecular formula is C24H19N3O3S. The fourth-order valence-electron chi connectivity index (χ4n) is 4.43. The zero-order valence-electron chi connectivity index (χ0n) is 16.4. The second kappa shape index (κ2) is 7.52. The largest absolute Gasteiger partial charge is 0.323 e. The first-order valence-electron chi connectivity index (χ1n) is 9.91. The molecule has 0 radical (unpaired) electrons. The Morgan fingerprint density at radius 3 is 2.45 bits per heavy atom. The van der Waals surface area contributed by atoms with E-state index in [1.54, 1.807) is 23.0 Å². The van der Waals surface area contributed by atoms with Crippen LogP contribution in [0.3, 0.4) is 0 Å². The average Bonchev–Trinajstić information content (AvgIpc) is 3.52. The van der Waals surface area contributed by atoms with Crippen LogP contribution in [0.25, 0.3) is 0 Å². The normalized spacial score (nSPS) is 18.4. The third kappa shape index (κ3) is 3.05. The molecule has 2 aromatic carbocycles. The number of hydrogen-bond donors (Lipinski definition) is 2. The first kappa shape index (κ1) is 19.3. The van der Waals surface area contributed by atoms with Gasteiger partial charge in [-0.25, -0.2) is 0 Å². The molecule has 0 saturated carbocycles. The molecule has 1 unspecified atom stereocenters. The van der Waals surface area contributed by atoms with Crippen LogP contribution in [0.5, 0.6) is 0 Å². The number of fused-ring (bicyclic) bond motifs is 1. The molecule has 2 N–H and O–H groups in total. The zero-order valence-corrected chi connectivity index (χ0v) is 17.3. The van der Waals surface area contributed by atoms with Crippen molar-refractivity contribution in [3.8, 4) is 0 Å². The van der Waals surface area contributed by atoms with Crippen LogP contribution >= 0.6 is 11.3 Å². The fraction of sp³-hybridized carbons (Fsp3) is 0.125. The maximum Gasteiger partial charge on any atom is 0.264 e. The Morgan fingerprint density at radius 2 is 1.74 bits per heavy atom. The van der Waals surface area contributed by atoms with Crippen LogP contribution in [0.4, 0.5) is 5.69 Å². The highest BCUT2D eigenvalue weighted by Gasteiger charge is 2.55. The van der Waals surface area contributed by atoms with Gasteiger partial charge in [0.1, 0.15) is 0 Å². The van der Waals surface area contributed by atoms with Crippen molar-refractivity contribution in [3.63, 3.8) is 0 Å². The van der Waals surface area contributed by atoms with E-state index in [4.69, 9.17) is 0 Å². The van der Waals surface area contributed by atoms with Gasteiger partial charge >= 0.3 is 0 Å². The Balaban J connectivity index is 1.74. The molecule has 31 heavy (non-hydrogen) atoms. The molecule has 2 atom stereocenters. The van der Waals surface area contributed by atoms with Crippen LogP contribution in [0.1, 0.15) is 33.1 Å². The van der Waals surface area contributed by atoms with Gasteiger partial charge in [0.15, 0.2) is 11.3 Å². The number of anilines is 1. The van der Waals surface area contributed by atoms with Crippen molar-refractivity contribution < 1.29 is 9.59 Å². The Morgan fingerprint density at radius 1 is 0.968 bits per heavy atom. The highest BCUT2D eigenvalue weighted by atomic mass is 32.1. The smallest absolute Gasteiger partial charge is 0.264 e. The third-order valence-electron chi connectivity index (χ3n) is 5.79. The van der Waals surface area contributed by atoms with E-state index in [0.29, 0.717) is 11.3 Å². The van der Waals surface area contributed by atoms with Crippen LogP contribution in [0, 0.1) is 0 Å². The number of benzene rings is 2. The average molecular weight is 430 g/mol. The Labute approximate surface area is 182 Å². The van der Waals surface area contributed by atoms with Gasteiger partial charge < -0.3 is 5.32 Å². The quantitative estimate of drug-likeness (QED) is 0.455. The van der Waals surface area contributed by atoms with Gasteiger partial charge in [-0.15, -0.1) is 11.3 Å². The van der Waals surface area contributed by atoms with Crippen molar-refractivity contribution in [1.82, 2.24) is 9.78 Å². The number of amides is 1. The molecule has 1 aliphatic heterocycles. The Hall–Kier alpha value is -3.71. The number of thiophene rings is 1. The molecule has 3 heterocycles. The minimum atomic E-state index is -1.30. The summed E-state index contributed by atoms with van der Waals surface area (Å²) in [4.78, 5) is 39.9. The molecule has 0 fully saturated rings. The summed E-state index contributed by atoms with van der Waals surface area (Å²) in [7, 11) is 0. The van der Waals surface area contributed by atoms with E-state index in [9.17, 15) is 14.4 Å². The molecule has 154 valence electrons. The van der Waals surface area contributed by atoms with E-state index in [0.717, 1.165) is 10.4 Å². The predicted molar refractivity (Wildman–Crippen MR) is 120 cm³/mol. The van der Waals surface area contributed by atoms with Gasteiger partial charge in [-0.2, -0.15) is 0 Å². The molecule has 0 aliphatic carbocycles. The molecular weight excluding hydrogens is 410 g/mol. The first-order valence-corrected chi connectivity index (χ1v) is 10.8. The van der Waals surface area contributed by atoms with E-state index in [-0.39, 0.29) is 23.7 Å². The van der Waals surface area contributed by atoms with Gasteiger partial charge in [0.25, 0.3) is 11.5 Å². The number of aromatic amines is 1. The SMILES string of the molecule is O=C(CC(c1cccs1)[C@@]1(n2ccc(=O)[nH]2)C(=O)Nc2ccccc21)c1ccccc1. The Bertz CT molecular complexity index is 1310. The number of nitrogens with zero attached hydrogens (tertiary/aromatic N) is 1. The number of para-hydroxylation sites is 1. The minimum absolute atomic E-state index is 0.0648. The van der Waals surface area contributed by atoms with Gasteiger partial charge in [-0.1, -0.05) is 54.6 Å². The topological polar surface area (TPSA) is 84.0 Å². The summed E-state index contributed by atoms with van der Waals surface area (Å²) in [5, 5.41) is 7.67. The van der Waals surface area contributed by atoms with Crippen LogP contribution in [-0.2, 0) is 10.3 Å². The summed E-state index contributed by atoms with van der Waals surface area (Å²) >= 11 is 1.49. The molecule has 6 nitrogen and oxygen atoms in total. The maximum atomic E-state index is 13.7. The highest BCUT2D eigenvalue weighted by molar-refractivity contribution is 7.10. The zero-order chi connectivity index (χ0) is 21.4. The van der Waals surface area contributed by atoms with Crippen molar-refractivity contribution >= 4 is 28.7 Å². The standard InChI is InChI=1S/C24H19N3O3S/c28-20(16-7-2-1-3-8-16)15-18(21-11-6-14-31-21)24(27-13-12-22(29)26-27)17-9-4-5-10-19(17)25-23(24)30/h1-14,18H,15H2,(H,25,30)(H,26,29)/t18?,24-/m1/s1. The molecule has 2 aromatic heterocycles. The summed E-state index contributed by atoms with van der Waals surface area (Å²) in [6.07, 6.45) is 1.68. The lowest BCUT2D eigenvalue weighted by Gasteiger charge is -2.36. The second-order valence-corrected chi connectivity index (χ2v) is 8.47. The van der Waals surface area contributed by atoms with E-state index < -0.39 is 11.5 Å². The lowest BCUT2D eigenvalue weighted by atomic mass is 9.75. The Kier molecular flexibility index (Phi) is 4.67. The summed E-state index contributed by atoms with van der Waals surface area (Å²) < 4.78 is 1.55. The van der Waals surface area contributed by atoms with Gasteiger partial charge in [0.05, 0.1) is 0 Å². The van der Waals surface area contributed by atoms with Gasteiger partial charge in [0, 0.05) is 46.3 Å². The van der Waals surface area contributed by atoms with E-state index in [1.807, 2.05) is 60.0 Å². The predicted octanol–water partition coefficient (Wildman–Crippen LogP) is 3.99. The van der Waals surface area contributed by atoms with E-state index in [2.05, 4.69) is 10.4 Å². The molecule has 1 aliphatic rings. The van der Waals surface area contributed by atoms with Gasteiger partial charge in [-0.3, -0.25) is 24.2 Å². The van der Waals surface area contributed by atoms with Crippen LogP contribution < -0.4 is 10.9 Å². The summed E-state index contributed by atoms with van der Waals surface area (Å²) in [5.41, 5.74) is 0.388. The lowest BCUT2D eigenvalue weighted by molar-refractivity contribution is -0.123. The van der Waals surface area contributed by atoms with Crippen LogP contribution in [0.15, 0.2) is 89.2 Å². The number of carbonyl (C=O) groups excluding carboxylic acids is 2. The highest BCUT2D eigenvalue weighted by Crippen LogP contribution is 2.50. The number of carbonyl (C=O) groups is 2. The fourth-order valence-corrected chi connectivity index (χ4v) is 5.32. The van der Waals surface area contributed by atoms with Crippen LogP contribution in [0.2, 0.25) is 0 Å². The molecule has 0 spiro atoms. The van der Waals surface area contributed by atoms with Crippen molar-refractivity contribution in [2.75, 3.05) is 5.32 Å². The van der Waals surface area contributed by atoms with Gasteiger partial charge in [-0.05, 0) is 17.5 Å². The summed E-state index contributed by atoms with van der Waals surface area (Å²) in [6.45, 7) is 0. The molecule has 4 aromatic rings. The second-order valence-electron chi connectivity index (χ2n) is 7.49. The molecule has 0 saturated heterocycles. The number of rotatable bonds is 6. The maximum absolute atomic E-state index is 13.7. The van der Waals surface area contributed by atoms with Crippen molar-refractivity contribution in [2.45, 2.75) is 17.9 Å². The third-order valence-corrected chi connectivity index (χ3v) is 6.78.